The van der Waals surface area contributed by atoms with E-state index in [1.165, 1.54) is 32.1 Å². The van der Waals surface area contributed by atoms with Gasteiger partial charge in [-0.25, -0.2) is 0 Å². The van der Waals surface area contributed by atoms with E-state index in [9.17, 15) is 4.79 Å². The molecule has 1 atom stereocenters. The molecular formula is C13H23NO. The van der Waals surface area contributed by atoms with Crippen molar-refractivity contribution in [2.75, 3.05) is 6.54 Å². The Labute approximate surface area is 93.0 Å². The summed E-state index contributed by atoms with van der Waals surface area (Å²) in [6, 6.07) is 0.548. The van der Waals surface area contributed by atoms with E-state index in [-0.39, 0.29) is 0 Å². The van der Waals surface area contributed by atoms with E-state index < -0.39 is 0 Å². The van der Waals surface area contributed by atoms with E-state index in [0.717, 1.165) is 25.8 Å². The van der Waals surface area contributed by atoms with Gasteiger partial charge in [-0.15, -0.1) is 0 Å². The second-order valence-corrected chi connectivity index (χ2v) is 5.07. The normalized spacial score (nSPS) is 28.3. The van der Waals surface area contributed by atoms with Crippen LogP contribution < -0.4 is 0 Å². The third-order valence-electron chi connectivity index (χ3n) is 4.09. The minimum absolute atomic E-state index is 0.372. The van der Waals surface area contributed by atoms with Gasteiger partial charge in [-0.2, -0.15) is 0 Å². The molecule has 0 N–H and O–H groups in total. The smallest absolute Gasteiger partial charge is 0.225 e. The molecule has 0 aromatic heterocycles. The van der Waals surface area contributed by atoms with E-state index >= 15 is 0 Å². The molecule has 1 saturated carbocycles. The van der Waals surface area contributed by atoms with Crippen LogP contribution in [0.15, 0.2) is 0 Å². The monoisotopic (exact) mass is 209 g/mol. The van der Waals surface area contributed by atoms with Crippen molar-refractivity contribution >= 4 is 5.91 Å². The summed E-state index contributed by atoms with van der Waals surface area (Å²) in [6.07, 6.45) is 9.72. The molecule has 0 unspecified atom stereocenters. The molecule has 2 heteroatoms. The molecule has 1 aliphatic heterocycles. The average Bonchev–Trinajstić information content (AvgIpc) is 2.81. The maximum atomic E-state index is 12.3. The van der Waals surface area contributed by atoms with E-state index in [0.29, 0.717) is 17.9 Å². The standard InChI is InChI=1S/C13H23NO/c1-2-12-9-5-6-10-14(12)13(15)11-7-3-4-8-11/h11-12H,2-10H2,1H3/t12-/m1/s1. The number of carbonyl (C=O) groups is 1. The molecular weight excluding hydrogens is 186 g/mol. The number of hydrogen-bond acceptors (Lipinski definition) is 1. The van der Waals surface area contributed by atoms with Gasteiger partial charge in [0.1, 0.15) is 0 Å². The maximum absolute atomic E-state index is 12.3. The van der Waals surface area contributed by atoms with Crippen molar-refractivity contribution in [2.45, 2.75) is 64.3 Å². The highest BCUT2D eigenvalue weighted by atomic mass is 16.2. The van der Waals surface area contributed by atoms with E-state index in [1.54, 1.807) is 0 Å². The Kier molecular flexibility index (Phi) is 3.66. The first-order valence-corrected chi connectivity index (χ1v) is 6.63. The van der Waals surface area contributed by atoms with Gasteiger partial charge in [-0.3, -0.25) is 4.79 Å². The van der Waals surface area contributed by atoms with Crippen molar-refractivity contribution in [1.29, 1.82) is 0 Å². The lowest BCUT2D eigenvalue weighted by atomic mass is 9.97. The van der Waals surface area contributed by atoms with Crippen LogP contribution in [0.5, 0.6) is 0 Å². The SMILES string of the molecule is CC[C@@H]1CCCCN1C(=O)C1CCCC1. The van der Waals surface area contributed by atoms with Gasteiger partial charge in [0.25, 0.3) is 0 Å². The van der Waals surface area contributed by atoms with Crippen LogP contribution in [0.1, 0.15) is 58.3 Å². The van der Waals surface area contributed by atoms with Crippen molar-refractivity contribution in [3.8, 4) is 0 Å². The largest absolute Gasteiger partial charge is 0.339 e. The minimum atomic E-state index is 0.372. The molecule has 2 rings (SSSR count). The van der Waals surface area contributed by atoms with Crippen LogP contribution in [0, 0.1) is 5.92 Å². The number of hydrogen-bond donors (Lipinski definition) is 0. The molecule has 1 aliphatic carbocycles. The molecule has 1 heterocycles. The third kappa shape index (κ3) is 2.35. The first-order valence-electron chi connectivity index (χ1n) is 6.63. The summed E-state index contributed by atoms with van der Waals surface area (Å²) in [5, 5.41) is 0. The van der Waals surface area contributed by atoms with Gasteiger partial charge in [0.05, 0.1) is 0 Å². The number of rotatable bonds is 2. The number of nitrogens with zero attached hydrogens (tertiary/aromatic N) is 1. The first-order chi connectivity index (χ1) is 7.33. The summed E-state index contributed by atoms with van der Waals surface area (Å²) < 4.78 is 0. The molecule has 0 spiro atoms. The highest BCUT2D eigenvalue weighted by molar-refractivity contribution is 5.79. The predicted molar refractivity (Wildman–Crippen MR) is 61.6 cm³/mol. The zero-order valence-corrected chi connectivity index (χ0v) is 9.87. The van der Waals surface area contributed by atoms with E-state index in [2.05, 4.69) is 11.8 Å². The molecule has 2 nitrogen and oxygen atoms in total. The van der Waals surface area contributed by atoms with E-state index in [4.69, 9.17) is 0 Å². The lowest BCUT2D eigenvalue weighted by Crippen LogP contribution is -2.45. The zero-order chi connectivity index (χ0) is 10.7. The van der Waals surface area contributed by atoms with Crippen molar-refractivity contribution in [3.63, 3.8) is 0 Å². The molecule has 86 valence electrons. The lowest BCUT2D eigenvalue weighted by molar-refractivity contribution is -0.139. The topological polar surface area (TPSA) is 20.3 Å². The Hall–Kier alpha value is -0.530. The van der Waals surface area contributed by atoms with Crippen LogP contribution in [-0.4, -0.2) is 23.4 Å². The maximum Gasteiger partial charge on any atom is 0.225 e. The van der Waals surface area contributed by atoms with Crippen LogP contribution in [0.4, 0.5) is 0 Å². The molecule has 2 aliphatic rings. The molecule has 15 heavy (non-hydrogen) atoms. The van der Waals surface area contributed by atoms with Crippen molar-refractivity contribution < 1.29 is 4.79 Å². The van der Waals surface area contributed by atoms with Crippen LogP contribution in [0.3, 0.4) is 0 Å². The lowest BCUT2D eigenvalue weighted by Gasteiger charge is -2.37. The van der Waals surface area contributed by atoms with Gasteiger partial charge >= 0.3 is 0 Å². The van der Waals surface area contributed by atoms with Gasteiger partial charge in [0.15, 0.2) is 0 Å². The zero-order valence-electron chi connectivity index (χ0n) is 9.87. The van der Waals surface area contributed by atoms with Gasteiger partial charge in [0, 0.05) is 18.5 Å². The average molecular weight is 209 g/mol. The second-order valence-electron chi connectivity index (χ2n) is 5.07. The van der Waals surface area contributed by atoms with Crippen LogP contribution >= 0.6 is 0 Å². The predicted octanol–water partition coefficient (Wildman–Crippen LogP) is 2.97. The van der Waals surface area contributed by atoms with E-state index in [1.807, 2.05) is 0 Å². The summed E-state index contributed by atoms with van der Waals surface area (Å²) in [4.78, 5) is 14.5. The fourth-order valence-corrected chi connectivity index (χ4v) is 3.12. The highest BCUT2D eigenvalue weighted by Crippen LogP contribution is 2.29. The number of piperidine rings is 1. The fraction of sp³-hybridized carbons (Fsp3) is 0.923. The van der Waals surface area contributed by atoms with Gasteiger partial charge < -0.3 is 4.90 Å². The molecule has 0 aromatic carbocycles. The quantitative estimate of drug-likeness (QED) is 0.684. The first kappa shape index (κ1) is 11.0. The van der Waals surface area contributed by atoms with Gasteiger partial charge in [-0.1, -0.05) is 19.8 Å². The Morgan fingerprint density at radius 1 is 1.13 bits per heavy atom. The van der Waals surface area contributed by atoms with Gasteiger partial charge in [0.2, 0.25) is 5.91 Å². The Balaban J connectivity index is 1.96. The van der Waals surface area contributed by atoms with Crippen LogP contribution in [0.2, 0.25) is 0 Å². The van der Waals surface area contributed by atoms with Crippen molar-refractivity contribution in [1.82, 2.24) is 4.90 Å². The van der Waals surface area contributed by atoms with Crippen molar-refractivity contribution in [3.05, 3.63) is 0 Å². The fourth-order valence-electron chi connectivity index (χ4n) is 3.12. The number of amides is 1. The summed E-state index contributed by atoms with van der Waals surface area (Å²) >= 11 is 0. The molecule has 0 radical (unpaired) electrons. The third-order valence-corrected chi connectivity index (χ3v) is 4.09. The minimum Gasteiger partial charge on any atom is -0.339 e. The summed E-state index contributed by atoms with van der Waals surface area (Å²) in [6.45, 7) is 3.23. The molecule has 0 bridgehead atoms. The molecule has 0 aromatic rings. The number of likely N-dealkylation sites (tertiary alicyclic amines) is 1. The summed E-state index contributed by atoms with van der Waals surface area (Å²) in [7, 11) is 0. The second kappa shape index (κ2) is 5.00. The van der Waals surface area contributed by atoms with Crippen LogP contribution in [-0.2, 0) is 4.79 Å². The molecule has 1 saturated heterocycles. The van der Waals surface area contributed by atoms with Crippen LogP contribution in [0.25, 0.3) is 0 Å². The van der Waals surface area contributed by atoms with Gasteiger partial charge in [-0.05, 0) is 38.5 Å². The Bertz CT molecular complexity index is 221. The van der Waals surface area contributed by atoms with Crippen molar-refractivity contribution in [2.24, 2.45) is 5.92 Å². The molecule has 1 amide bonds. The Morgan fingerprint density at radius 3 is 2.47 bits per heavy atom. The highest BCUT2D eigenvalue weighted by Gasteiger charge is 2.31. The summed E-state index contributed by atoms with van der Waals surface area (Å²) in [5.74, 6) is 0.844. The number of carbonyl (C=O) groups excluding carboxylic acids is 1. The summed E-state index contributed by atoms with van der Waals surface area (Å²) in [5.41, 5.74) is 0. The Morgan fingerprint density at radius 2 is 1.80 bits per heavy atom. The molecule has 2 fully saturated rings.